The second-order valence-corrected chi connectivity index (χ2v) is 4.83. The monoisotopic (exact) mass is 327 g/mol. The van der Waals surface area contributed by atoms with E-state index in [1.807, 2.05) is 6.07 Å². The molecule has 2 aromatic carbocycles. The van der Waals surface area contributed by atoms with Gasteiger partial charge >= 0.3 is 11.9 Å². The Hall–Kier alpha value is -3.28. The molecule has 0 aliphatic rings. The summed E-state index contributed by atoms with van der Waals surface area (Å²) in [4.78, 5) is 23.2. The molecule has 2 rings (SSSR count). The van der Waals surface area contributed by atoms with Crippen molar-refractivity contribution in [2.45, 2.75) is 0 Å². The average Bonchev–Trinajstić information content (AvgIpc) is 2.61. The summed E-state index contributed by atoms with van der Waals surface area (Å²) in [5.74, 6) is -1.17. The Bertz CT molecular complexity index is 765. The number of phenolic OH excluding ortho intramolecular Hbond substituents is 1. The Kier molecular flexibility index (Phi) is 5.57. The van der Waals surface area contributed by atoms with E-state index >= 15 is 0 Å². The summed E-state index contributed by atoms with van der Waals surface area (Å²) in [6.07, 6.45) is 1.03. The molecule has 2 N–H and O–H groups in total. The fraction of sp³-hybridized carbons (Fsp3) is 0.111. The lowest BCUT2D eigenvalue weighted by Crippen LogP contribution is -2.15. The van der Waals surface area contributed by atoms with Gasteiger partial charge in [-0.05, 0) is 35.4 Å². The minimum Gasteiger partial charge on any atom is -0.508 e. The van der Waals surface area contributed by atoms with Gasteiger partial charge in [0.1, 0.15) is 11.4 Å². The van der Waals surface area contributed by atoms with Crippen molar-refractivity contribution in [2.75, 3.05) is 19.5 Å². The summed E-state index contributed by atoms with van der Waals surface area (Å²) in [5.41, 5.74) is 2.34. The highest BCUT2D eigenvalue weighted by molar-refractivity contribution is 5.98. The average molecular weight is 327 g/mol. The highest BCUT2D eigenvalue weighted by Gasteiger charge is 2.13. The number of nitrogens with one attached hydrogen (secondary N) is 1. The molecule has 0 aromatic heterocycles. The molecule has 6 nitrogen and oxygen atoms in total. The van der Waals surface area contributed by atoms with Crippen molar-refractivity contribution in [3.63, 3.8) is 0 Å². The first-order chi connectivity index (χ1) is 11.5. The van der Waals surface area contributed by atoms with Gasteiger partial charge in [-0.2, -0.15) is 0 Å². The van der Waals surface area contributed by atoms with E-state index in [9.17, 15) is 14.7 Å². The van der Waals surface area contributed by atoms with Crippen molar-refractivity contribution in [3.05, 3.63) is 60.3 Å². The van der Waals surface area contributed by atoms with E-state index in [1.54, 1.807) is 42.5 Å². The number of methoxy groups -OCH3 is 2. The molecule has 24 heavy (non-hydrogen) atoms. The quantitative estimate of drug-likeness (QED) is 0.649. The molecule has 0 fully saturated rings. The van der Waals surface area contributed by atoms with E-state index in [4.69, 9.17) is 0 Å². The smallest absolute Gasteiger partial charge is 0.354 e. The molecule has 6 heteroatoms. The Morgan fingerprint density at radius 1 is 1.00 bits per heavy atom. The van der Waals surface area contributed by atoms with E-state index in [1.165, 1.54) is 14.2 Å². The van der Waals surface area contributed by atoms with E-state index < -0.39 is 11.9 Å². The van der Waals surface area contributed by atoms with Crippen LogP contribution in [0.5, 0.6) is 5.75 Å². The number of rotatable bonds is 5. The summed E-state index contributed by atoms with van der Waals surface area (Å²) in [7, 11) is 2.45. The number of hydrogen-bond donors (Lipinski definition) is 2. The maximum atomic E-state index is 11.8. The van der Waals surface area contributed by atoms with Gasteiger partial charge in [0, 0.05) is 5.69 Å². The third kappa shape index (κ3) is 4.36. The number of aromatic hydroxyl groups is 1. The van der Waals surface area contributed by atoms with E-state index in [2.05, 4.69) is 14.8 Å². The molecule has 0 unspecified atom stereocenters. The minimum absolute atomic E-state index is 0.0350. The van der Waals surface area contributed by atoms with Gasteiger partial charge in [-0.25, -0.2) is 9.59 Å². The normalized spacial score (nSPS) is 10.8. The number of carbonyl (C=O) groups is 2. The molecule has 2 aromatic rings. The van der Waals surface area contributed by atoms with Crippen LogP contribution < -0.4 is 5.32 Å². The van der Waals surface area contributed by atoms with E-state index in [-0.39, 0.29) is 11.4 Å². The van der Waals surface area contributed by atoms with Gasteiger partial charge < -0.3 is 19.9 Å². The fourth-order valence-corrected chi connectivity index (χ4v) is 2.02. The number of anilines is 1. The predicted molar refractivity (Wildman–Crippen MR) is 89.3 cm³/mol. The van der Waals surface area contributed by atoms with Crippen LogP contribution in [0.3, 0.4) is 0 Å². The van der Waals surface area contributed by atoms with Crippen LogP contribution in [-0.4, -0.2) is 31.3 Å². The van der Waals surface area contributed by atoms with Crippen LogP contribution in [0, 0.1) is 0 Å². The summed E-state index contributed by atoms with van der Waals surface area (Å²) >= 11 is 0. The van der Waals surface area contributed by atoms with Crippen LogP contribution in [0.4, 0.5) is 5.69 Å². The lowest BCUT2D eigenvalue weighted by molar-refractivity contribution is -0.138. The summed E-state index contributed by atoms with van der Waals surface area (Å²) in [6, 6.07) is 14.0. The number of carbonyl (C=O) groups excluding carboxylic acids is 2. The molecule has 0 radical (unpaired) electrons. The minimum atomic E-state index is -0.685. The maximum Gasteiger partial charge on any atom is 0.354 e. The van der Waals surface area contributed by atoms with Gasteiger partial charge in [0.25, 0.3) is 0 Å². The first-order valence-corrected chi connectivity index (χ1v) is 7.08. The van der Waals surface area contributed by atoms with Crippen LogP contribution in [0.25, 0.3) is 11.1 Å². The molecule has 0 heterocycles. The highest BCUT2D eigenvalue weighted by atomic mass is 16.5. The fourth-order valence-electron chi connectivity index (χ4n) is 2.02. The van der Waals surface area contributed by atoms with Crippen LogP contribution in [0.1, 0.15) is 0 Å². The molecule has 0 saturated heterocycles. The van der Waals surface area contributed by atoms with Crippen LogP contribution in [0.15, 0.2) is 60.3 Å². The van der Waals surface area contributed by atoms with Crippen molar-refractivity contribution in [2.24, 2.45) is 0 Å². The largest absolute Gasteiger partial charge is 0.508 e. The standard InChI is InChI=1S/C18H17NO5/c1-23-17(21)11-16(18(22)24-2)19-14-5-3-4-13(10-14)12-6-8-15(20)9-7-12/h3-11,19-20H,1-2H3/b16-11+. The van der Waals surface area contributed by atoms with Gasteiger partial charge in [-0.3, -0.25) is 0 Å². The Balaban J connectivity index is 2.29. The van der Waals surface area contributed by atoms with Gasteiger partial charge in [0.05, 0.1) is 20.3 Å². The molecule has 0 aliphatic heterocycles. The molecule has 0 atom stereocenters. The predicted octanol–water partition coefficient (Wildman–Crippen LogP) is 2.70. The number of phenols is 1. The zero-order chi connectivity index (χ0) is 17.5. The summed E-state index contributed by atoms with van der Waals surface area (Å²) < 4.78 is 9.18. The zero-order valence-corrected chi connectivity index (χ0v) is 13.3. The first kappa shape index (κ1) is 17.1. The van der Waals surface area contributed by atoms with Crippen molar-refractivity contribution in [1.29, 1.82) is 0 Å². The Morgan fingerprint density at radius 3 is 2.33 bits per heavy atom. The molecule has 0 spiro atoms. The first-order valence-electron chi connectivity index (χ1n) is 7.08. The Labute approximate surface area is 139 Å². The van der Waals surface area contributed by atoms with Crippen molar-refractivity contribution in [1.82, 2.24) is 0 Å². The second kappa shape index (κ2) is 7.82. The molecular weight excluding hydrogens is 310 g/mol. The van der Waals surface area contributed by atoms with Gasteiger partial charge in [0.2, 0.25) is 0 Å². The van der Waals surface area contributed by atoms with Crippen molar-refractivity contribution in [3.8, 4) is 16.9 Å². The van der Waals surface area contributed by atoms with Crippen LogP contribution in [0.2, 0.25) is 0 Å². The molecule has 0 bridgehead atoms. The molecule has 0 saturated carbocycles. The maximum absolute atomic E-state index is 11.8. The Morgan fingerprint density at radius 2 is 1.71 bits per heavy atom. The number of esters is 2. The van der Waals surface area contributed by atoms with Gasteiger partial charge in [0.15, 0.2) is 0 Å². The molecule has 0 aliphatic carbocycles. The van der Waals surface area contributed by atoms with Crippen molar-refractivity contribution >= 4 is 17.6 Å². The third-order valence-electron chi connectivity index (χ3n) is 3.21. The van der Waals surface area contributed by atoms with Gasteiger partial charge in [-0.1, -0.05) is 24.3 Å². The zero-order valence-electron chi connectivity index (χ0n) is 13.3. The third-order valence-corrected chi connectivity index (χ3v) is 3.21. The second-order valence-electron chi connectivity index (χ2n) is 4.83. The van der Waals surface area contributed by atoms with Crippen LogP contribution in [-0.2, 0) is 19.1 Å². The highest BCUT2D eigenvalue weighted by Crippen LogP contribution is 2.25. The number of benzene rings is 2. The lowest BCUT2D eigenvalue weighted by atomic mass is 10.0. The number of ether oxygens (including phenoxy) is 2. The van der Waals surface area contributed by atoms with Gasteiger partial charge in [-0.15, -0.1) is 0 Å². The van der Waals surface area contributed by atoms with E-state index in [0.29, 0.717) is 5.69 Å². The van der Waals surface area contributed by atoms with Crippen molar-refractivity contribution < 1.29 is 24.2 Å². The molecular formula is C18H17NO5. The molecule has 124 valence electrons. The topological polar surface area (TPSA) is 84.9 Å². The summed E-state index contributed by atoms with van der Waals surface area (Å²) in [5, 5.41) is 12.2. The molecule has 0 amide bonds. The SMILES string of the molecule is COC(=O)/C=C(/Nc1cccc(-c2ccc(O)cc2)c1)C(=O)OC. The van der Waals surface area contributed by atoms with Crippen LogP contribution >= 0.6 is 0 Å². The van der Waals surface area contributed by atoms with E-state index in [0.717, 1.165) is 17.2 Å². The summed E-state index contributed by atoms with van der Waals surface area (Å²) in [6.45, 7) is 0. The lowest BCUT2D eigenvalue weighted by Gasteiger charge is -2.10. The number of hydrogen-bond acceptors (Lipinski definition) is 6.